The monoisotopic (exact) mass is 602 g/mol. The number of methoxy groups -OCH3 is 1. The summed E-state index contributed by atoms with van der Waals surface area (Å²) in [7, 11) is 1.67. The van der Waals surface area contributed by atoms with E-state index < -0.39 is 0 Å². The van der Waals surface area contributed by atoms with Gasteiger partial charge in [0.25, 0.3) is 5.56 Å². The van der Waals surface area contributed by atoms with E-state index in [0.29, 0.717) is 45.2 Å². The number of pyridine rings is 2. The Labute approximate surface area is 254 Å². The van der Waals surface area contributed by atoms with Gasteiger partial charge in [0.05, 0.1) is 38.2 Å². The van der Waals surface area contributed by atoms with Crippen molar-refractivity contribution in [2.75, 3.05) is 56.8 Å². The van der Waals surface area contributed by atoms with E-state index in [0.717, 1.165) is 22.5 Å². The standard InChI is InChI=1S/C32H34N4O4S2/c1-21-8-10-24(34-18-21)25(20-39-16-15-38-2)35-22-9-11-28-30(17-22)41-29-7-3-5-23(31(29)42-28)27-19-36(13-14-40-27)26-6-4-12-33-32(26)37/h3-12,17-18,25,27,35H,13-16,19-20H2,1-2H3,(H,33,37). The van der Waals surface area contributed by atoms with E-state index in [1.807, 2.05) is 25.3 Å². The summed E-state index contributed by atoms with van der Waals surface area (Å²) >= 11 is 3.56. The number of anilines is 2. The molecule has 0 amide bonds. The Morgan fingerprint density at radius 2 is 2.02 bits per heavy atom. The van der Waals surface area contributed by atoms with Gasteiger partial charge in [-0.25, -0.2) is 0 Å². The molecule has 2 aliphatic rings. The molecule has 10 heteroatoms. The van der Waals surface area contributed by atoms with E-state index >= 15 is 0 Å². The predicted molar refractivity (Wildman–Crippen MR) is 167 cm³/mol. The number of aromatic nitrogens is 2. The molecule has 1 fully saturated rings. The molecular weight excluding hydrogens is 569 g/mol. The topological polar surface area (TPSA) is 88.7 Å². The van der Waals surface area contributed by atoms with Crippen molar-refractivity contribution in [3.05, 3.63) is 100 Å². The summed E-state index contributed by atoms with van der Waals surface area (Å²) in [5.41, 5.74) is 4.85. The third kappa shape index (κ3) is 6.53. The first-order chi connectivity index (χ1) is 20.6. The lowest BCUT2D eigenvalue weighted by atomic mass is 10.1. The third-order valence-corrected chi connectivity index (χ3v) is 9.90. The minimum absolute atomic E-state index is 0.0709. The molecule has 2 aliphatic heterocycles. The lowest BCUT2D eigenvalue weighted by molar-refractivity contribution is 0.0378. The molecule has 1 saturated heterocycles. The fourth-order valence-corrected chi connectivity index (χ4v) is 7.57. The first-order valence-electron chi connectivity index (χ1n) is 14.0. The SMILES string of the molecule is COCCOCC(Nc1ccc2c(c1)Sc1cccc(C3CN(c4ccc[nH]c4=O)CCO3)c1S2)c1ccc(C)cn1. The number of hydrogen-bond donors (Lipinski definition) is 2. The van der Waals surface area contributed by atoms with Crippen molar-refractivity contribution in [2.24, 2.45) is 0 Å². The second-order valence-electron chi connectivity index (χ2n) is 10.3. The smallest absolute Gasteiger partial charge is 0.271 e. The number of H-pyrrole nitrogens is 1. The first-order valence-corrected chi connectivity index (χ1v) is 15.6. The van der Waals surface area contributed by atoms with Gasteiger partial charge in [0.15, 0.2) is 0 Å². The maximum absolute atomic E-state index is 12.4. The van der Waals surface area contributed by atoms with E-state index in [1.165, 1.54) is 19.6 Å². The number of aryl methyl sites for hydroxylation is 1. The molecule has 0 spiro atoms. The van der Waals surface area contributed by atoms with Gasteiger partial charge in [-0.1, -0.05) is 41.7 Å². The van der Waals surface area contributed by atoms with Crippen molar-refractivity contribution >= 4 is 34.9 Å². The number of benzene rings is 2. The molecule has 4 heterocycles. The van der Waals surface area contributed by atoms with Gasteiger partial charge in [0, 0.05) is 57.9 Å². The maximum atomic E-state index is 12.4. The van der Waals surface area contributed by atoms with Crippen LogP contribution in [0.1, 0.15) is 29.0 Å². The molecule has 42 heavy (non-hydrogen) atoms. The van der Waals surface area contributed by atoms with Gasteiger partial charge in [-0.15, -0.1) is 0 Å². The second-order valence-corrected chi connectivity index (χ2v) is 12.4. The summed E-state index contributed by atoms with van der Waals surface area (Å²) in [6.07, 6.45) is 3.44. The molecule has 4 aromatic rings. The summed E-state index contributed by atoms with van der Waals surface area (Å²) in [5.74, 6) is 0. The number of fused-ring (bicyclic) bond motifs is 2. The van der Waals surface area contributed by atoms with E-state index in [-0.39, 0.29) is 17.7 Å². The zero-order chi connectivity index (χ0) is 28.9. The van der Waals surface area contributed by atoms with Crippen molar-refractivity contribution in [3.8, 4) is 0 Å². The average Bonchev–Trinajstić information content (AvgIpc) is 3.02. The van der Waals surface area contributed by atoms with Gasteiger partial charge < -0.3 is 29.4 Å². The number of morpholine rings is 1. The zero-order valence-electron chi connectivity index (χ0n) is 23.7. The zero-order valence-corrected chi connectivity index (χ0v) is 25.3. The van der Waals surface area contributed by atoms with Gasteiger partial charge in [0.1, 0.15) is 11.8 Å². The summed E-state index contributed by atoms with van der Waals surface area (Å²) in [5, 5.41) is 3.65. The molecule has 2 atom stereocenters. The normalized spacial score (nSPS) is 16.9. The number of nitrogens with one attached hydrogen (secondary N) is 2. The maximum Gasteiger partial charge on any atom is 0.271 e. The van der Waals surface area contributed by atoms with Gasteiger partial charge in [-0.3, -0.25) is 9.78 Å². The first kappa shape index (κ1) is 28.8. The Morgan fingerprint density at radius 3 is 2.86 bits per heavy atom. The van der Waals surface area contributed by atoms with E-state index in [9.17, 15) is 4.79 Å². The van der Waals surface area contributed by atoms with Crippen LogP contribution >= 0.6 is 23.5 Å². The Morgan fingerprint density at radius 1 is 1.10 bits per heavy atom. The van der Waals surface area contributed by atoms with Crippen LogP contribution in [-0.4, -0.2) is 56.6 Å². The van der Waals surface area contributed by atoms with E-state index in [2.05, 4.69) is 68.7 Å². The fraction of sp³-hybridized carbons (Fsp3) is 0.312. The third-order valence-electron chi connectivity index (χ3n) is 7.28. The molecule has 2 unspecified atom stereocenters. The summed E-state index contributed by atoms with van der Waals surface area (Å²) < 4.78 is 17.3. The lowest BCUT2D eigenvalue weighted by Gasteiger charge is -2.35. The molecule has 0 radical (unpaired) electrons. The number of rotatable bonds is 10. The highest BCUT2D eigenvalue weighted by Gasteiger charge is 2.29. The summed E-state index contributed by atoms with van der Waals surface area (Å²) in [6.45, 7) is 5.49. The number of hydrogen-bond acceptors (Lipinski definition) is 9. The second kappa shape index (κ2) is 13.4. The largest absolute Gasteiger partial charge is 0.382 e. The van der Waals surface area contributed by atoms with Crippen molar-refractivity contribution in [1.82, 2.24) is 9.97 Å². The number of nitrogens with zero attached hydrogens (tertiary/aromatic N) is 2. The minimum atomic E-state index is -0.121. The molecule has 2 aromatic carbocycles. The van der Waals surface area contributed by atoms with Crippen molar-refractivity contribution in [3.63, 3.8) is 0 Å². The molecule has 218 valence electrons. The average molecular weight is 603 g/mol. The minimum Gasteiger partial charge on any atom is -0.382 e. The highest BCUT2D eigenvalue weighted by molar-refractivity contribution is 8.05. The highest BCUT2D eigenvalue weighted by Crippen LogP contribution is 2.52. The Hall–Kier alpha value is -3.28. The van der Waals surface area contributed by atoms with Crippen molar-refractivity contribution in [1.29, 1.82) is 0 Å². The quantitative estimate of drug-likeness (QED) is 0.184. The van der Waals surface area contributed by atoms with Crippen LogP contribution in [0.4, 0.5) is 11.4 Å². The van der Waals surface area contributed by atoms with E-state index in [1.54, 1.807) is 36.8 Å². The van der Waals surface area contributed by atoms with Gasteiger partial charge in [0.2, 0.25) is 0 Å². The van der Waals surface area contributed by atoms with Crippen LogP contribution in [0.25, 0.3) is 0 Å². The molecule has 2 aromatic heterocycles. The summed E-state index contributed by atoms with van der Waals surface area (Å²) in [4.78, 5) is 26.8. The van der Waals surface area contributed by atoms with Crippen LogP contribution in [0.3, 0.4) is 0 Å². The van der Waals surface area contributed by atoms with Crippen LogP contribution in [-0.2, 0) is 14.2 Å². The van der Waals surface area contributed by atoms with E-state index in [4.69, 9.17) is 14.2 Å². The molecule has 0 saturated carbocycles. The number of aromatic amines is 1. The molecule has 0 bridgehead atoms. The van der Waals surface area contributed by atoms with Crippen LogP contribution in [0.2, 0.25) is 0 Å². The molecule has 2 N–H and O–H groups in total. The number of ether oxygens (including phenoxy) is 3. The Balaban J connectivity index is 1.20. The van der Waals surface area contributed by atoms with Crippen LogP contribution in [0, 0.1) is 6.92 Å². The molecule has 0 aliphatic carbocycles. The Bertz CT molecular complexity index is 1580. The van der Waals surface area contributed by atoms with Gasteiger partial charge in [-0.2, -0.15) is 0 Å². The van der Waals surface area contributed by atoms with Crippen LogP contribution < -0.4 is 15.8 Å². The molecular formula is C32H34N4O4S2. The van der Waals surface area contributed by atoms with Crippen LogP contribution in [0.5, 0.6) is 0 Å². The highest BCUT2D eigenvalue weighted by atomic mass is 32.2. The molecule has 8 nitrogen and oxygen atoms in total. The van der Waals surface area contributed by atoms with Crippen molar-refractivity contribution < 1.29 is 14.2 Å². The predicted octanol–water partition coefficient (Wildman–Crippen LogP) is 6.09. The van der Waals surface area contributed by atoms with Gasteiger partial charge >= 0.3 is 0 Å². The fourth-order valence-electron chi connectivity index (χ4n) is 5.12. The van der Waals surface area contributed by atoms with Crippen molar-refractivity contribution in [2.45, 2.75) is 38.7 Å². The Kier molecular flexibility index (Phi) is 9.16. The van der Waals surface area contributed by atoms with Gasteiger partial charge in [-0.05, 0) is 60.5 Å². The summed E-state index contributed by atoms with van der Waals surface area (Å²) in [6, 6.07) is 20.7. The van der Waals surface area contributed by atoms with Crippen LogP contribution in [0.15, 0.2) is 97.4 Å². The molecule has 6 rings (SSSR count). The lowest BCUT2D eigenvalue weighted by Crippen LogP contribution is -2.41.